The Balaban J connectivity index is 1.59. The molecule has 4 rings (SSSR count). The van der Waals surface area contributed by atoms with Gasteiger partial charge in [0.15, 0.2) is 0 Å². The summed E-state index contributed by atoms with van der Waals surface area (Å²) in [6.45, 7) is 2.33. The van der Waals surface area contributed by atoms with Crippen LogP contribution in [0.15, 0.2) is 66.9 Å². The van der Waals surface area contributed by atoms with Gasteiger partial charge in [-0.1, -0.05) is 36.4 Å². The van der Waals surface area contributed by atoms with E-state index >= 15 is 0 Å². The quantitative estimate of drug-likeness (QED) is 0.709. The molecule has 0 spiro atoms. The van der Waals surface area contributed by atoms with Crippen LogP contribution in [0.25, 0.3) is 0 Å². The predicted molar refractivity (Wildman–Crippen MR) is 108 cm³/mol. The molecule has 0 aliphatic carbocycles. The first-order valence-corrected chi connectivity index (χ1v) is 9.38. The minimum Gasteiger partial charge on any atom is -0.327 e. The number of aromatic nitrogens is 1. The molecule has 1 aliphatic heterocycles. The summed E-state index contributed by atoms with van der Waals surface area (Å²) in [4.78, 5) is 31.5. The van der Waals surface area contributed by atoms with Crippen molar-refractivity contribution in [3.63, 3.8) is 0 Å². The maximum atomic E-state index is 13.4. The van der Waals surface area contributed by atoms with Gasteiger partial charge < -0.3 is 10.2 Å². The monoisotopic (exact) mass is 389 g/mol. The minimum atomic E-state index is -0.513. The zero-order valence-corrected chi connectivity index (χ0v) is 15.9. The number of nitrogens with one attached hydrogen (secondary N) is 1. The van der Waals surface area contributed by atoms with Crippen LogP contribution in [0, 0.1) is 12.7 Å². The Hall–Kier alpha value is -3.54. The number of aryl methyl sites for hydroxylation is 1. The van der Waals surface area contributed by atoms with Crippen LogP contribution in [0.3, 0.4) is 0 Å². The number of hydrogen-bond acceptors (Lipinski definition) is 3. The number of carbonyl (C=O) groups is 2. The number of benzene rings is 2. The van der Waals surface area contributed by atoms with E-state index in [4.69, 9.17) is 0 Å². The smallest absolute Gasteiger partial charge is 0.255 e. The molecular weight excluding hydrogens is 369 g/mol. The molecule has 2 heterocycles. The second-order valence-electron chi connectivity index (χ2n) is 7.13. The van der Waals surface area contributed by atoms with E-state index in [0.717, 1.165) is 11.1 Å². The number of halogens is 1. The average molecular weight is 389 g/mol. The second-order valence-corrected chi connectivity index (χ2v) is 7.13. The Morgan fingerprint density at radius 3 is 2.59 bits per heavy atom. The summed E-state index contributed by atoms with van der Waals surface area (Å²) >= 11 is 0. The lowest BCUT2D eigenvalue weighted by molar-refractivity contribution is -0.117. The van der Waals surface area contributed by atoms with Crippen LogP contribution in [-0.4, -0.2) is 21.7 Å². The van der Waals surface area contributed by atoms with E-state index in [0.29, 0.717) is 23.5 Å². The van der Waals surface area contributed by atoms with Crippen LogP contribution >= 0.6 is 0 Å². The summed E-state index contributed by atoms with van der Waals surface area (Å²) in [6.07, 6.45) is 1.72. The normalized spacial score (nSPS) is 13.9. The fourth-order valence-corrected chi connectivity index (χ4v) is 3.53. The van der Waals surface area contributed by atoms with Crippen molar-refractivity contribution in [3.05, 3.63) is 94.9 Å². The molecule has 6 heteroatoms. The average Bonchev–Trinajstić information content (AvgIpc) is 3.05. The molecule has 29 heavy (non-hydrogen) atoms. The Kier molecular flexibility index (Phi) is 5.08. The van der Waals surface area contributed by atoms with Gasteiger partial charge in [-0.2, -0.15) is 0 Å². The molecule has 1 aliphatic rings. The molecule has 0 radical (unpaired) electrons. The molecular formula is C23H20FN3O2. The molecule has 1 aromatic heterocycles. The number of nitrogens with zero attached hydrogens (tertiary/aromatic N) is 2. The lowest BCUT2D eigenvalue weighted by Gasteiger charge is -2.28. The maximum absolute atomic E-state index is 13.4. The number of carbonyl (C=O) groups excluding carboxylic acids is 2. The molecule has 1 atom stereocenters. The van der Waals surface area contributed by atoms with Crippen molar-refractivity contribution in [2.75, 3.05) is 5.32 Å². The van der Waals surface area contributed by atoms with E-state index in [1.54, 1.807) is 35.4 Å². The van der Waals surface area contributed by atoms with Crippen LogP contribution < -0.4 is 5.32 Å². The molecule has 146 valence electrons. The van der Waals surface area contributed by atoms with Crippen molar-refractivity contribution in [1.29, 1.82) is 0 Å². The van der Waals surface area contributed by atoms with Crippen molar-refractivity contribution in [3.8, 4) is 0 Å². The molecule has 2 aromatic carbocycles. The van der Waals surface area contributed by atoms with Crippen molar-refractivity contribution in [2.24, 2.45) is 0 Å². The number of fused-ring (bicyclic) bond motifs is 1. The van der Waals surface area contributed by atoms with Gasteiger partial charge in [0.2, 0.25) is 5.91 Å². The third kappa shape index (κ3) is 4.01. The highest BCUT2D eigenvalue weighted by molar-refractivity contribution is 5.99. The van der Waals surface area contributed by atoms with Gasteiger partial charge >= 0.3 is 0 Å². The van der Waals surface area contributed by atoms with Crippen LogP contribution in [0.2, 0.25) is 0 Å². The first-order valence-electron chi connectivity index (χ1n) is 9.38. The first-order chi connectivity index (χ1) is 14.0. The van der Waals surface area contributed by atoms with Crippen molar-refractivity contribution in [1.82, 2.24) is 9.88 Å². The largest absolute Gasteiger partial charge is 0.327 e. The highest BCUT2D eigenvalue weighted by Crippen LogP contribution is 2.33. The highest BCUT2D eigenvalue weighted by atomic mass is 19.1. The van der Waals surface area contributed by atoms with Gasteiger partial charge in [-0.15, -0.1) is 0 Å². The standard InChI is InChI=1S/C23H20FN3O2/c1-15-6-11-21(25-13-15)26-22(28)12-20(16-7-9-18(24)10-8-16)27-14-17-4-2-3-5-19(17)23(27)29/h2-11,13,20H,12,14H2,1H3,(H,25,26,28). The third-order valence-electron chi connectivity index (χ3n) is 5.04. The van der Waals surface area contributed by atoms with Crippen molar-refractivity contribution in [2.45, 2.75) is 25.9 Å². The van der Waals surface area contributed by atoms with Crippen LogP contribution in [0.5, 0.6) is 0 Å². The van der Waals surface area contributed by atoms with Gasteiger partial charge in [-0.05, 0) is 47.9 Å². The molecule has 2 amide bonds. The lowest BCUT2D eigenvalue weighted by atomic mass is 10.0. The van der Waals surface area contributed by atoms with Gasteiger partial charge in [0.05, 0.1) is 12.5 Å². The topological polar surface area (TPSA) is 62.3 Å². The molecule has 0 fully saturated rings. The number of rotatable bonds is 5. The van der Waals surface area contributed by atoms with E-state index < -0.39 is 6.04 Å². The van der Waals surface area contributed by atoms with E-state index in [2.05, 4.69) is 10.3 Å². The van der Waals surface area contributed by atoms with Gasteiger partial charge in [0.25, 0.3) is 5.91 Å². The van der Waals surface area contributed by atoms with Gasteiger partial charge in [-0.25, -0.2) is 9.37 Å². The van der Waals surface area contributed by atoms with E-state index in [1.165, 1.54) is 12.1 Å². The summed E-state index contributed by atoms with van der Waals surface area (Å²) in [5, 5.41) is 2.78. The Morgan fingerprint density at radius 2 is 1.90 bits per heavy atom. The Morgan fingerprint density at radius 1 is 1.14 bits per heavy atom. The number of anilines is 1. The molecule has 1 unspecified atom stereocenters. The van der Waals surface area contributed by atoms with Crippen molar-refractivity contribution < 1.29 is 14.0 Å². The predicted octanol–water partition coefficient (Wildman–Crippen LogP) is 4.26. The third-order valence-corrected chi connectivity index (χ3v) is 5.04. The summed E-state index contributed by atoms with van der Waals surface area (Å²) in [5.41, 5.74) is 3.26. The molecule has 0 saturated carbocycles. The van der Waals surface area contributed by atoms with Gasteiger partial charge in [0, 0.05) is 18.3 Å². The van der Waals surface area contributed by atoms with Crippen LogP contribution in [0.1, 0.15) is 39.5 Å². The second kappa shape index (κ2) is 7.83. The van der Waals surface area contributed by atoms with Crippen LogP contribution in [-0.2, 0) is 11.3 Å². The molecule has 1 N–H and O–H groups in total. The van der Waals surface area contributed by atoms with Crippen LogP contribution in [0.4, 0.5) is 10.2 Å². The van der Waals surface area contributed by atoms with Gasteiger partial charge in [0.1, 0.15) is 11.6 Å². The number of pyridine rings is 1. The summed E-state index contributed by atoms with van der Waals surface area (Å²) < 4.78 is 13.4. The maximum Gasteiger partial charge on any atom is 0.255 e. The summed E-state index contributed by atoms with van der Waals surface area (Å²) in [6, 6.07) is 16.4. The Bertz CT molecular complexity index is 1050. The highest BCUT2D eigenvalue weighted by Gasteiger charge is 2.34. The molecule has 0 saturated heterocycles. The Labute approximate surface area is 168 Å². The van der Waals surface area contributed by atoms with Gasteiger partial charge in [-0.3, -0.25) is 9.59 Å². The zero-order chi connectivity index (χ0) is 20.4. The fraction of sp³-hybridized carbons (Fsp3) is 0.174. The molecule has 3 aromatic rings. The first kappa shape index (κ1) is 18.8. The summed E-state index contributed by atoms with van der Waals surface area (Å²) in [5.74, 6) is -0.304. The zero-order valence-electron chi connectivity index (χ0n) is 15.9. The fourth-order valence-electron chi connectivity index (χ4n) is 3.53. The molecule has 0 bridgehead atoms. The van der Waals surface area contributed by atoms with Crippen molar-refractivity contribution >= 4 is 17.6 Å². The number of amides is 2. The molecule has 5 nitrogen and oxygen atoms in total. The van der Waals surface area contributed by atoms with E-state index in [9.17, 15) is 14.0 Å². The lowest BCUT2D eigenvalue weighted by Crippen LogP contribution is -2.32. The summed E-state index contributed by atoms with van der Waals surface area (Å²) in [7, 11) is 0. The SMILES string of the molecule is Cc1ccc(NC(=O)CC(c2ccc(F)cc2)N2Cc3ccccc3C2=O)nc1. The minimum absolute atomic E-state index is 0.0426. The van der Waals surface area contributed by atoms with E-state index in [1.807, 2.05) is 31.2 Å². The number of hydrogen-bond donors (Lipinski definition) is 1. The van der Waals surface area contributed by atoms with E-state index in [-0.39, 0.29) is 24.1 Å².